The summed E-state index contributed by atoms with van der Waals surface area (Å²) in [5, 5.41) is 5.24. The van der Waals surface area contributed by atoms with Gasteiger partial charge in [-0.05, 0) is 30.3 Å². The molecule has 0 bridgehead atoms. The van der Waals surface area contributed by atoms with Gasteiger partial charge in [-0.25, -0.2) is 0 Å². The average molecular weight is 316 g/mol. The minimum atomic E-state index is -0.404. The number of furan rings is 1. The van der Waals surface area contributed by atoms with Gasteiger partial charge in [0.1, 0.15) is 0 Å². The molecule has 0 atom stereocenters. The van der Waals surface area contributed by atoms with Crippen molar-refractivity contribution in [3.05, 3.63) is 54.0 Å². The van der Waals surface area contributed by atoms with Crippen LogP contribution in [-0.4, -0.2) is 31.4 Å². The van der Waals surface area contributed by atoms with Crippen molar-refractivity contribution in [2.75, 3.05) is 19.0 Å². The third-order valence-corrected chi connectivity index (χ3v) is 2.97. The molecule has 0 saturated heterocycles. The van der Waals surface area contributed by atoms with Gasteiger partial charge in [0.2, 0.25) is 0 Å². The Kier molecular flexibility index (Phi) is 5.51. The topological polar surface area (TPSA) is 97.6 Å². The Morgan fingerprint density at radius 1 is 1.13 bits per heavy atom. The van der Waals surface area contributed by atoms with Crippen molar-refractivity contribution in [3.8, 4) is 0 Å². The second-order valence-corrected chi connectivity index (χ2v) is 4.59. The van der Waals surface area contributed by atoms with Crippen LogP contribution in [0.2, 0.25) is 0 Å². The first-order valence-corrected chi connectivity index (χ1v) is 6.90. The molecule has 7 nitrogen and oxygen atoms in total. The number of ether oxygens (including phenoxy) is 1. The van der Waals surface area contributed by atoms with Gasteiger partial charge in [0.05, 0.1) is 19.8 Å². The maximum atomic E-state index is 12.0. The molecule has 2 rings (SSSR count). The third-order valence-electron chi connectivity index (χ3n) is 2.97. The summed E-state index contributed by atoms with van der Waals surface area (Å²) in [6, 6.07) is 9.60. The fraction of sp³-hybridized carbons (Fsp3) is 0.188. The van der Waals surface area contributed by atoms with Crippen molar-refractivity contribution in [1.82, 2.24) is 5.32 Å². The molecule has 23 heavy (non-hydrogen) atoms. The maximum absolute atomic E-state index is 12.0. The lowest BCUT2D eigenvalue weighted by molar-refractivity contribution is -0.140. The molecule has 0 spiro atoms. The zero-order chi connectivity index (χ0) is 16.7. The number of rotatable bonds is 6. The van der Waals surface area contributed by atoms with E-state index in [0.29, 0.717) is 11.3 Å². The Morgan fingerprint density at radius 3 is 2.65 bits per heavy atom. The van der Waals surface area contributed by atoms with Crippen molar-refractivity contribution in [2.24, 2.45) is 0 Å². The number of anilines is 1. The molecule has 0 unspecified atom stereocenters. The Labute approximate surface area is 132 Å². The molecule has 2 N–H and O–H groups in total. The molecule has 2 aromatic rings. The van der Waals surface area contributed by atoms with Gasteiger partial charge in [0.15, 0.2) is 5.76 Å². The molecule has 7 heteroatoms. The molecule has 0 saturated carbocycles. The van der Waals surface area contributed by atoms with Crippen molar-refractivity contribution < 1.29 is 23.5 Å². The molecule has 0 radical (unpaired) electrons. The van der Waals surface area contributed by atoms with E-state index in [4.69, 9.17) is 4.42 Å². The zero-order valence-electron chi connectivity index (χ0n) is 12.5. The first kappa shape index (κ1) is 16.3. The van der Waals surface area contributed by atoms with Gasteiger partial charge in [-0.1, -0.05) is 6.07 Å². The molecular weight excluding hydrogens is 300 g/mol. The largest absolute Gasteiger partial charge is 0.469 e. The van der Waals surface area contributed by atoms with Crippen molar-refractivity contribution in [2.45, 2.75) is 6.42 Å². The van der Waals surface area contributed by atoms with Gasteiger partial charge in [0.25, 0.3) is 11.8 Å². The predicted molar refractivity (Wildman–Crippen MR) is 82.1 cm³/mol. The molecule has 2 amide bonds. The molecule has 0 aliphatic carbocycles. The predicted octanol–water partition coefficient (Wildman–Crippen LogP) is 1.82. The van der Waals surface area contributed by atoms with E-state index < -0.39 is 11.9 Å². The highest BCUT2D eigenvalue weighted by Crippen LogP contribution is 2.12. The highest BCUT2D eigenvalue weighted by Gasteiger charge is 2.11. The molecule has 1 heterocycles. The first-order valence-electron chi connectivity index (χ1n) is 6.90. The monoisotopic (exact) mass is 316 g/mol. The van der Waals surface area contributed by atoms with E-state index in [1.165, 1.54) is 19.4 Å². The zero-order valence-corrected chi connectivity index (χ0v) is 12.5. The summed E-state index contributed by atoms with van der Waals surface area (Å²) in [6.45, 7) is 0.175. The molecule has 120 valence electrons. The Balaban J connectivity index is 1.95. The van der Waals surface area contributed by atoms with E-state index in [0.717, 1.165) is 0 Å². The number of amides is 2. The molecule has 0 aliphatic heterocycles. The molecule has 0 fully saturated rings. The van der Waals surface area contributed by atoms with Gasteiger partial charge in [0, 0.05) is 17.8 Å². The van der Waals surface area contributed by atoms with Crippen molar-refractivity contribution in [3.63, 3.8) is 0 Å². The normalized spacial score (nSPS) is 9.96. The van der Waals surface area contributed by atoms with Gasteiger partial charge < -0.3 is 19.8 Å². The van der Waals surface area contributed by atoms with Crippen LogP contribution in [0.3, 0.4) is 0 Å². The van der Waals surface area contributed by atoms with Gasteiger partial charge in [-0.3, -0.25) is 14.4 Å². The van der Waals surface area contributed by atoms with Crippen LogP contribution in [0, 0.1) is 0 Å². The summed E-state index contributed by atoms with van der Waals surface area (Å²) in [5.74, 6) is -0.969. The number of carbonyl (C=O) groups is 3. The summed E-state index contributed by atoms with van der Waals surface area (Å²) in [4.78, 5) is 34.9. The summed E-state index contributed by atoms with van der Waals surface area (Å²) in [6.07, 6.45) is 1.50. The second kappa shape index (κ2) is 7.79. The quantitative estimate of drug-likeness (QED) is 0.792. The van der Waals surface area contributed by atoms with E-state index in [1.807, 2.05) is 0 Å². The van der Waals surface area contributed by atoms with E-state index in [-0.39, 0.29) is 24.6 Å². The SMILES string of the molecule is COC(=O)CCNC(=O)c1cccc(NC(=O)c2ccco2)c1. The fourth-order valence-electron chi connectivity index (χ4n) is 1.82. The number of hydrogen-bond acceptors (Lipinski definition) is 5. The third kappa shape index (κ3) is 4.70. The van der Waals surface area contributed by atoms with Crippen molar-refractivity contribution in [1.29, 1.82) is 0 Å². The molecular formula is C16H16N2O5. The number of methoxy groups -OCH3 is 1. The number of benzene rings is 1. The number of hydrogen-bond donors (Lipinski definition) is 2. The van der Waals surface area contributed by atoms with Gasteiger partial charge >= 0.3 is 5.97 Å². The summed E-state index contributed by atoms with van der Waals surface area (Å²) in [7, 11) is 1.29. The Hall–Kier alpha value is -3.09. The molecule has 0 aliphatic rings. The number of esters is 1. The van der Waals surface area contributed by atoms with Crippen LogP contribution in [-0.2, 0) is 9.53 Å². The highest BCUT2D eigenvalue weighted by atomic mass is 16.5. The lowest BCUT2D eigenvalue weighted by Gasteiger charge is -2.07. The van der Waals surface area contributed by atoms with Crippen LogP contribution in [0.25, 0.3) is 0 Å². The van der Waals surface area contributed by atoms with E-state index >= 15 is 0 Å². The summed E-state index contributed by atoms with van der Waals surface area (Å²) >= 11 is 0. The van der Waals surface area contributed by atoms with E-state index in [1.54, 1.807) is 30.3 Å². The lowest BCUT2D eigenvalue weighted by Crippen LogP contribution is -2.26. The Bertz CT molecular complexity index is 694. The van der Waals surface area contributed by atoms with Crippen LogP contribution in [0.4, 0.5) is 5.69 Å². The number of carbonyl (C=O) groups excluding carboxylic acids is 3. The minimum absolute atomic E-state index is 0.0944. The van der Waals surface area contributed by atoms with Gasteiger partial charge in [-0.2, -0.15) is 0 Å². The smallest absolute Gasteiger partial charge is 0.307 e. The van der Waals surface area contributed by atoms with Crippen LogP contribution < -0.4 is 10.6 Å². The Morgan fingerprint density at radius 2 is 1.96 bits per heavy atom. The van der Waals surface area contributed by atoms with Crippen LogP contribution in [0.1, 0.15) is 27.3 Å². The lowest BCUT2D eigenvalue weighted by atomic mass is 10.2. The van der Waals surface area contributed by atoms with Crippen LogP contribution >= 0.6 is 0 Å². The van der Waals surface area contributed by atoms with E-state index in [2.05, 4.69) is 15.4 Å². The van der Waals surface area contributed by atoms with Crippen molar-refractivity contribution >= 4 is 23.5 Å². The van der Waals surface area contributed by atoms with E-state index in [9.17, 15) is 14.4 Å². The summed E-state index contributed by atoms with van der Waals surface area (Å²) < 4.78 is 9.49. The first-order chi connectivity index (χ1) is 11.1. The fourth-order valence-corrected chi connectivity index (χ4v) is 1.82. The maximum Gasteiger partial charge on any atom is 0.307 e. The highest BCUT2D eigenvalue weighted by molar-refractivity contribution is 6.03. The summed E-state index contributed by atoms with van der Waals surface area (Å²) in [5.41, 5.74) is 0.833. The standard InChI is InChI=1S/C16H16N2O5/c1-22-14(19)7-8-17-15(20)11-4-2-5-12(10-11)18-16(21)13-6-3-9-23-13/h2-6,9-10H,7-8H2,1H3,(H,17,20)(H,18,21). The number of nitrogens with one attached hydrogen (secondary N) is 2. The minimum Gasteiger partial charge on any atom is -0.469 e. The van der Waals surface area contributed by atoms with Crippen LogP contribution in [0.15, 0.2) is 47.1 Å². The average Bonchev–Trinajstić information content (AvgIpc) is 3.09. The van der Waals surface area contributed by atoms with Gasteiger partial charge in [-0.15, -0.1) is 0 Å². The second-order valence-electron chi connectivity index (χ2n) is 4.59. The molecule has 1 aromatic heterocycles. The van der Waals surface area contributed by atoms with Crippen LogP contribution in [0.5, 0.6) is 0 Å². The molecule has 1 aromatic carbocycles.